The summed E-state index contributed by atoms with van der Waals surface area (Å²) in [5.74, 6) is 6.54. The predicted octanol–water partition coefficient (Wildman–Crippen LogP) is 3.94. The SMILES string of the molecule is CNC(=O)c1ccc(OC)c(NCC#Cc2nc3c(NC4C[C@H]5CN[C@@H]4C5)cccn3c2SC(F)(F)F)c1. The van der Waals surface area contributed by atoms with E-state index in [4.69, 9.17) is 4.74 Å². The van der Waals surface area contributed by atoms with Crippen LogP contribution in [0.2, 0.25) is 0 Å². The summed E-state index contributed by atoms with van der Waals surface area (Å²) < 4.78 is 47.2. The zero-order valence-electron chi connectivity index (χ0n) is 20.8. The Bertz CT molecular complexity index is 1410. The fourth-order valence-electron chi connectivity index (χ4n) is 5.06. The minimum atomic E-state index is -4.50. The number of thioether (sulfide) groups is 1. The van der Waals surface area contributed by atoms with Crippen molar-refractivity contribution in [3.8, 4) is 17.6 Å². The lowest BCUT2D eigenvalue weighted by Crippen LogP contribution is -2.41. The number of pyridine rings is 1. The molecule has 3 heterocycles. The van der Waals surface area contributed by atoms with E-state index in [9.17, 15) is 18.0 Å². The largest absolute Gasteiger partial charge is 0.495 e. The standard InChI is InChI=1S/C26H27F3N6O2S/c1-30-24(36)16-7-8-22(37-2)21(13-16)31-9-3-5-18-25(38-26(27,28)29)35-10-4-6-17(23(35)34-18)33-20-12-15-11-19(20)32-14-15/h4,6-8,10,13,15,19-20,31-33H,9,11-12,14H2,1-2H3,(H,30,36)/t15-,19+,20?/m0/s1. The fraction of sp³-hybridized carbons (Fsp3) is 0.385. The highest BCUT2D eigenvalue weighted by Crippen LogP contribution is 2.40. The number of hydrogen-bond donors (Lipinski definition) is 4. The maximum absolute atomic E-state index is 13.5. The molecule has 2 fully saturated rings. The summed E-state index contributed by atoms with van der Waals surface area (Å²) in [6.45, 7) is 1.11. The fourth-order valence-corrected chi connectivity index (χ4v) is 5.72. The maximum atomic E-state index is 13.5. The lowest BCUT2D eigenvalue weighted by molar-refractivity contribution is -0.0330. The maximum Gasteiger partial charge on any atom is 0.447 e. The van der Waals surface area contributed by atoms with Gasteiger partial charge in [0.2, 0.25) is 0 Å². The van der Waals surface area contributed by atoms with Crippen LogP contribution >= 0.6 is 11.8 Å². The van der Waals surface area contributed by atoms with Gasteiger partial charge in [-0.3, -0.25) is 9.20 Å². The van der Waals surface area contributed by atoms with E-state index in [0.29, 0.717) is 40.3 Å². The van der Waals surface area contributed by atoms with Crippen LogP contribution < -0.4 is 26.0 Å². The summed E-state index contributed by atoms with van der Waals surface area (Å²) in [6.07, 6.45) is 3.69. The second-order valence-electron chi connectivity index (χ2n) is 9.18. The Balaban J connectivity index is 1.41. The number of aromatic nitrogens is 2. The third kappa shape index (κ3) is 5.49. The summed E-state index contributed by atoms with van der Waals surface area (Å²) >= 11 is -0.232. The quantitative estimate of drug-likeness (QED) is 0.265. The topological polar surface area (TPSA) is 91.7 Å². The number of carbonyl (C=O) groups is 1. The number of fused-ring (bicyclic) bond motifs is 3. The number of alkyl halides is 3. The van der Waals surface area contributed by atoms with Crippen molar-refractivity contribution in [3.63, 3.8) is 0 Å². The number of piperidine rings is 1. The van der Waals surface area contributed by atoms with Crippen molar-refractivity contribution in [2.45, 2.75) is 35.5 Å². The molecule has 2 aromatic heterocycles. The number of imidazole rings is 1. The van der Waals surface area contributed by atoms with Crippen LogP contribution in [0, 0.1) is 17.8 Å². The number of hydrogen-bond acceptors (Lipinski definition) is 7. The molecule has 3 aromatic rings. The molecule has 5 rings (SSSR count). The van der Waals surface area contributed by atoms with Crippen LogP contribution in [0.4, 0.5) is 24.5 Å². The molecule has 3 atom stereocenters. The predicted molar refractivity (Wildman–Crippen MR) is 141 cm³/mol. The minimum absolute atomic E-state index is 0.0421. The molecule has 0 spiro atoms. The van der Waals surface area contributed by atoms with Gasteiger partial charge in [-0.05, 0) is 61.6 Å². The zero-order valence-corrected chi connectivity index (χ0v) is 21.6. The Morgan fingerprint density at radius 2 is 2.13 bits per heavy atom. The lowest BCUT2D eigenvalue weighted by atomic mass is 10.1. The number of amides is 1. The van der Waals surface area contributed by atoms with E-state index in [-0.39, 0.29) is 41.0 Å². The molecule has 12 heteroatoms. The first-order chi connectivity index (χ1) is 18.3. The van der Waals surface area contributed by atoms with Crippen LogP contribution in [-0.4, -0.2) is 60.1 Å². The number of rotatable bonds is 7. The van der Waals surface area contributed by atoms with Gasteiger partial charge in [0.05, 0.1) is 25.0 Å². The molecule has 1 aliphatic carbocycles. The van der Waals surface area contributed by atoms with E-state index in [1.165, 1.54) is 18.6 Å². The van der Waals surface area contributed by atoms with Crippen molar-refractivity contribution in [1.82, 2.24) is 20.0 Å². The first-order valence-corrected chi connectivity index (χ1v) is 13.0. The third-order valence-electron chi connectivity index (χ3n) is 6.75. The van der Waals surface area contributed by atoms with Crippen molar-refractivity contribution < 1.29 is 22.7 Å². The molecule has 2 aliphatic rings. The number of benzene rings is 1. The average Bonchev–Trinajstić information content (AvgIpc) is 3.61. The van der Waals surface area contributed by atoms with E-state index < -0.39 is 5.51 Å². The summed E-state index contributed by atoms with van der Waals surface area (Å²) in [7, 11) is 3.04. The first-order valence-electron chi connectivity index (χ1n) is 12.2. The Morgan fingerprint density at radius 3 is 2.82 bits per heavy atom. The third-order valence-corrected chi connectivity index (χ3v) is 7.57. The van der Waals surface area contributed by atoms with Gasteiger partial charge in [0.1, 0.15) is 16.5 Å². The van der Waals surface area contributed by atoms with E-state index in [2.05, 4.69) is 38.1 Å². The Kier molecular flexibility index (Phi) is 7.32. The van der Waals surface area contributed by atoms with Gasteiger partial charge in [-0.25, -0.2) is 4.98 Å². The van der Waals surface area contributed by atoms with Gasteiger partial charge >= 0.3 is 5.51 Å². The zero-order chi connectivity index (χ0) is 26.9. The molecular weight excluding hydrogens is 517 g/mol. The molecule has 1 saturated heterocycles. The van der Waals surface area contributed by atoms with Crippen LogP contribution in [-0.2, 0) is 0 Å². The van der Waals surface area contributed by atoms with E-state index in [1.807, 2.05) is 6.07 Å². The molecule has 1 saturated carbocycles. The molecule has 1 unspecified atom stereocenters. The highest BCUT2D eigenvalue weighted by Gasteiger charge is 2.39. The van der Waals surface area contributed by atoms with Gasteiger partial charge in [-0.15, -0.1) is 0 Å². The summed E-state index contributed by atoms with van der Waals surface area (Å²) in [4.78, 5) is 16.5. The summed E-state index contributed by atoms with van der Waals surface area (Å²) in [5.41, 5.74) is -2.42. The molecule has 0 radical (unpaired) electrons. The van der Waals surface area contributed by atoms with E-state index in [0.717, 1.165) is 19.4 Å². The highest BCUT2D eigenvalue weighted by atomic mass is 32.2. The van der Waals surface area contributed by atoms with Crippen molar-refractivity contribution in [1.29, 1.82) is 0 Å². The molecule has 8 nitrogen and oxygen atoms in total. The van der Waals surface area contributed by atoms with Crippen LogP contribution in [0.5, 0.6) is 5.75 Å². The molecular formula is C26H27F3N6O2S. The molecule has 200 valence electrons. The van der Waals surface area contributed by atoms with Crippen LogP contribution in [0.1, 0.15) is 28.9 Å². The molecule has 1 aromatic carbocycles. The summed E-state index contributed by atoms with van der Waals surface area (Å²) in [6, 6.07) is 9.00. The smallest absolute Gasteiger partial charge is 0.447 e. The van der Waals surface area contributed by atoms with E-state index >= 15 is 0 Å². The lowest BCUT2D eigenvalue weighted by Gasteiger charge is -2.25. The molecule has 38 heavy (non-hydrogen) atoms. The number of anilines is 2. The second kappa shape index (κ2) is 10.7. The van der Waals surface area contributed by atoms with Gasteiger partial charge in [-0.1, -0.05) is 5.92 Å². The van der Waals surface area contributed by atoms with Gasteiger partial charge < -0.3 is 26.0 Å². The Labute approximate surface area is 222 Å². The van der Waals surface area contributed by atoms with Gasteiger partial charge in [0, 0.05) is 42.7 Å². The van der Waals surface area contributed by atoms with Crippen molar-refractivity contribution in [2.75, 3.05) is 37.9 Å². The molecule has 1 amide bonds. The van der Waals surface area contributed by atoms with Crippen LogP contribution in [0.25, 0.3) is 5.65 Å². The van der Waals surface area contributed by atoms with Crippen LogP contribution in [0.15, 0.2) is 41.6 Å². The first kappa shape index (κ1) is 26.1. The van der Waals surface area contributed by atoms with Gasteiger partial charge in [0.15, 0.2) is 5.65 Å². The number of nitrogens with one attached hydrogen (secondary N) is 4. The van der Waals surface area contributed by atoms with Crippen LogP contribution in [0.3, 0.4) is 0 Å². The average molecular weight is 545 g/mol. The number of ether oxygens (including phenoxy) is 1. The van der Waals surface area contributed by atoms with Gasteiger partial charge in [0.25, 0.3) is 5.91 Å². The summed E-state index contributed by atoms with van der Waals surface area (Å²) in [5, 5.41) is 12.5. The number of halogens is 3. The second-order valence-corrected chi connectivity index (χ2v) is 10.2. The minimum Gasteiger partial charge on any atom is -0.495 e. The normalized spacial score (nSPS) is 20.2. The Morgan fingerprint density at radius 1 is 1.29 bits per heavy atom. The van der Waals surface area contributed by atoms with Crippen molar-refractivity contribution >= 4 is 34.7 Å². The van der Waals surface area contributed by atoms with Crippen molar-refractivity contribution in [2.24, 2.45) is 5.92 Å². The number of methoxy groups -OCH3 is 1. The monoisotopic (exact) mass is 544 g/mol. The molecule has 4 N–H and O–H groups in total. The Hall–Kier alpha value is -3.56. The molecule has 2 bridgehead atoms. The van der Waals surface area contributed by atoms with E-state index in [1.54, 1.807) is 30.5 Å². The van der Waals surface area contributed by atoms with Gasteiger partial charge in [-0.2, -0.15) is 13.2 Å². The highest BCUT2D eigenvalue weighted by molar-refractivity contribution is 8.00. The number of carbonyl (C=O) groups excluding carboxylic acids is 1. The number of nitrogens with zero attached hydrogens (tertiary/aromatic N) is 2. The molecule has 1 aliphatic heterocycles. The van der Waals surface area contributed by atoms with Crippen molar-refractivity contribution in [3.05, 3.63) is 47.8 Å².